The van der Waals surface area contributed by atoms with Crippen LogP contribution in [-0.4, -0.2) is 39.7 Å². The molecule has 3 atom stereocenters. The lowest BCUT2D eigenvalue weighted by molar-refractivity contribution is -0.154. The second-order valence-electron chi connectivity index (χ2n) is 7.64. The highest BCUT2D eigenvalue weighted by Crippen LogP contribution is 2.48. The molecule has 0 unspecified atom stereocenters. The predicted octanol–water partition coefficient (Wildman–Crippen LogP) is 3.61. The molecule has 0 saturated heterocycles. The molecule has 0 aromatic carbocycles. The number of hydrogen-bond acceptors (Lipinski definition) is 6. The maximum absolute atomic E-state index is 12.6. The SMILES string of the molecule is CC(C)Nc1cc([C@@H]2C[C@H]2C(=O)N[C@H](C)c2cnc(OCC(F)(F)F)cn2)ccn1. The third-order valence-corrected chi connectivity index (χ3v) is 4.61. The quantitative estimate of drug-likeness (QED) is 0.674. The van der Waals surface area contributed by atoms with E-state index in [4.69, 9.17) is 0 Å². The van der Waals surface area contributed by atoms with Gasteiger partial charge in [0.1, 0.15) is 5.82 Å². The van der Waals surface area contributed by atoms with Gasteiger partial charge in [0, 0.05) is 18.2 Å². The first-order chi connectivity index (χ1) is 14.1. The number of alkyl halides is 3. The number of ether oxygens (including phenoxy) is 1. The number of carbonyl (C=O) groups is 1. The van der Waals surface area contributed by atoms with Crippen LogP contribution in [0.4, 0.5) is 19.0 Å². The summed E-state index contributed by atoms with van der Waals surface area (Å²) in [7, 11) is 0. The van der Waals surface area contributed by atoms with Crippen molar-refractivity contribution in [3.63, 3.8) is 0 Å². The Bertz CT molecular complexity index is 873. The van der Waals surface area contributed by atoms with Crippen LogP contribution in [-0.2, 0) is 4.79 Å². The van der Waals surface area contributed by atoms with Crippen LogP contribution in [0.3, 0.4) is 0 Å². The fourth-order valence-corrected chi connectivity index (χ4v) is 3.08. The number of pyridine rings is 1. The summed E-state index contributed by atoms with van der Waals surface area (Å²) < 4.78 is 41.1. The molecule has 0 bridgehead atoms. The van der Waals surface area contributed by atoms with Crippen molar-refractivity contribution in [1.82, 2.24) is 20.3 Å². The zero-order chi connectivity index (χ0) is 21.9. The van der Waals surface area contributed by atoms with Crippen molar-refractivity contribution in [3.8, 4) is 5.88 Å². The average Bonchev–Trinajstić information content (AvgIpc) is 3.47. The molecule has 1 aliphatic rings. The van der Waals surface area contributed by atoms with Crippen LogP contribution >= 0.6 is 0 Å². The number of carbonyl (C=O) groups excluding carboxylic acids is 1. The third-order valence-electron chi connectivity index (χ3n) is 4.61. The highest BCUT2D eigenvalue weighted by molar-refractivity contribution is 5.83. The van der Waals surface area contributed by atoms with Crippen molar-refractivity contribution >= 4 is 11.7 Å². The van der Waals surface area contributed by atoms with E-state index in [2.05, 4.69) is 30.3 Å². The van der Waals surface area contributed by atoms with Crippen molar-refractivity contribution in [1.29, 1.82) is 0 Å². The van der Waals surface area contributed by atoms with Crippen LogP contribution in [0, 0.1) is 5.92 Å². The number of amides is 1. The minimum absolute atomic E-state index is 0.0955. The molecule has 2 aromatic rings. The van der Waals surface area contributed by atoms with Crippen molar-refractivity contribution in [2.45, 2.75) is 51.4 Å². The minimum atomic E-state index is -4.44. The molecule has 0 aliphatic heterocycles. The van der Waals surface area contributed by atoms with Gasteiger partial charge in [0.05, 0.1) is 24.1 Å². The minimum Gasteiger partial charge on any atom is -0.467 e. The van der Waals surface area contributed by atoms with E-state index in [0.29, 0.717) is 5.69 Å². The highest BCUT2D eigenvalue weighted by Gasteiger charge is 2.44. The maximum Gasteiger partial charge on any atom is 0.422 e. The molecule has 1 fully saturated rings. The molecule has 0 spiro atoms. The Labute approximate surface area is 172 Å². The predicted molar refractivity (Wildman–Crippen MR) is 104 cm³/mol. The summed E-state index contributed by atoms with van der Waals surface area (Å²) in [5, 5.41) is 6.13. The van der Waals surface area contributed by atoms with Gasteiger partial charge in [-0.2, -0.15) is 13.2 Å². The van der Waals surface area contributed by atoms with Crippen molar-refractivity contribution in [3.05, 3.63) is 42.0 Å². The van der Waals surface area contributed by atoms with Gasteiger partial charge < -0.3 is 15.4 Å². The van der Waals surface area contributed by atoms with Crippen LogP contribution in [0.1, 0.15) is 50.4 Å². The van der Waals surface area contributed by atoms with E-state index in [9.17, 15) is 18.0 Å². The summed E-state index contributed by atoms with van der Waals surface area (Å²) in [5.41, 5.74) is 1.50. The lowest BCUT2D eigenvalue weighted by Gasteiger charge is -2.14. The summed E-state index contributed by atoms with van der Waals surface area (Å²) in [4.78, 5) is 24.7. The molecule has 1 saturated carbocycles. The number of hydrogen-bond donors (Lipinski definition) is 2. The first kappa shape index (κ1) is 21.8. The molecule has 10 heteroatoms. The Morgan fingerprint density at radius 2 is 2.00 bits per heavy atom. The Balaban J connectivity index is 1.53. The molecular formula is C20H24F3N5O2. The average molecular weight is 423 g/mol. The van der Waals surface area contributed by atoms with E-state index in [1.54, 1.807) is 13.1 Å². The van der Waals surface area contributed by atoms with Crippen molar-refractivity contribution < 1.29 is 22.7 Å². The second kappa shape index (κ2) is 8.85. The van der Waals surface area contributed by atoms with Crippen molar-refractivity contribution in [2.75, 3.05) is 11.9 Å². The van der Waals surface area contributed by atoms with E-state index in [1.807, 2.05) is 26.0 Å². The van der Waals surface area contributed by atoms with Crippen LogP contribution in [0.25, 0.3) is 0 Å². The zero-order valence-corrected chi connectivity index (χ0v) is 16.9. The summed E-state index contributed by atoms with van der Waals surface area (Å²) >= 11 is 0. The number of aromatic nitrogens is 3. The van der Waals surface area contributed by atoms with Gasteiger partial charge in [0.2, 0.25) is 11.8 Å². The number of nitrogens with zero attached hydrogens (tertiary/aromatic N) is 3. The highest BCUT2D eigenvalue weighted by atomic mass is 19.4. The van der Waals surface area contributed by atoms with Gasteiger partial charge in [-0.25, -0.2) is 9.97 Å². The molecule has 7 nitrogen and oxygen atoms in total. The smallest absolute Gasteiger partial charge is 0.422 e. The Hall–Kier alpha value is -2.91. The fraction of sp³-hybridized carbons (Fsp3) is 0.500. The van der Waals surface area contributed by atoms with Crippen LogP contribution in [0.15, 0.2) is 30.7 Å². The first-order valence-electron chi connectivity index (χ1n) is 9.66. The van der Waals surface area contributed by atoms with Crippen LogP contribution in [0.2, 0.25) is 0 Å². The number of nitrogens with one attached hydrogen (secondary N) is 2. The number of rotatable bonds is 8. The van der Waals surface area contributed by atoms with Gasteiger partial charge in [0.25, 0.3) is 0 Å². The van der Waals surface area contributed by atoms with Gasteiger partial charge in [-0.15, -0.1) is 0 Å². The van der Waals surface area contributed by atoms with E-state index >= 15 is 0 Å². The van der Waals surface area contributed by atoms with Crippen LogP contribution < -0.4 is 15.4 Å². The number of anilines is 1. The molecule has 2 aromatic heterocycles. The maximum atomic E-state index is 12.6. The summed E-state index contributed by atoms with van der Waals surface area (Å²) in [6.45, 7) is 4.37. The van der Waals surface area contributed by atoms with E-state index in [-0.39, 0.29) is 29.7 Å². The Kier molecular flexibility index (Phi) is 6.42. The topological polar surface area (TPSA) is 89.0 Å². The molecule has 30 heavy (non-hydrogen) atoms. The standard InChI is InChI=1S/C20H24F3N5O2/c1-11(2)27-17-6-13(4-5-24-17)14-7-15(14)19(29)28-12(3)16-8-26-18(9-25-16)30-10-20(21,22)23/h4-6,8-9,11-12,14-15H,7,10H2,1-3H3,(H,24,27)(H,28,29)/t12-,14+,15-/m1/s1. The normalized spacial score (nSPS) is 19.3. The number of halogens is 3. The molecule has 2 N–H and O–H groups in total. The Morgan fingerprint density at radius 3 is 2.63 bits per heavy atom. The lowest BCUT2D eigenvalue weighted by atomic mass is 10.1. The zero-order valence-electron chi connectivity index (χ0n) is 16.9. The molecule has 2 heterocycles. The Morgan fingerprint density at radius 1 is 1.23 bits per heavy atom. The summed E-state index contributed by atoms with van der Waals surface area (Å²) in [6, 6.07) is 3.71. The fourth-order valence-electron chi connectivity index (χ4n) is 3.08. The molecule has 1 amide bonds. The molecular weight excluding hydrogens is 399 g/mol. The monoisotopic (exact) mass is 423 g/mol. The van der Waals surface area contributed by atoms with E-state index < -0.39 is 18.8 Å². The van der Waals surface area contributed by atoms with Gasteiger partial charge in [-0.3, -0.25) is 9.78 Å². The van der Waals surface area contributed by atoms with E-state index in [0.717, 1.165) is 24.0 Å². The molecule has 162 valence electrons. The molecule has 0 radical (unpaired) electrons. The second-order valence-corrected chi connectivity index (χ2v) is 7.64. The van der Waals surface area contributed by atoms with Gasteiger partial charge in [0.15, 0.2) is 6.61 Å². The van der Waals surface area contributed by atoms with Crippen LogP contribution in [0.5, 0.6) is 5.88 Å². The summed E-state index contributed by atoms with van der Waals surface area (Å²) in [6.07, 6.45) is 0.452. The largest absolute Gasteiger partial charge is 0.467 e. The first-order valence-corrected chi connectivity index (χ1v) is 9.66. The third kappa shape index (κ3) is 6.04. The van der Waals surface area contributed by atoms with Gasteiger partial charge in [-0.05, 0) is 50.8 Å². The van der Waals surface area contributed by atoms with Gasteiger partial charge >= 0.3 is 6.18 Å². The molecule has 3 rings (SSSR count). The molecule has 1 aliphatic carbocycles. The van der Waals surface area contributed by atoms with E-state index in [1.165, 1.54) is 6.20 Å². The van der Waals surface area contributed by atoms with Gasteiger partial charge in [-0.1, -0.05) is 0 Å². The lowest BCUT2D eigenvalue weighted by Crippen LogP contribution is -2.29. The summed E-state index contributed by atoms with van der Waals surface area (Å²) in [5.74, 6) is 0.466. The van der Waals surface area contributed by atoms with Crippen molar-refractivity contribution in [2.24, 2.45) is 5.92 Å².